The molecule has 0 saturated carbocycles. The number of nitrogens with two attached hydrogens (primary N) is 1. The van der Waals surface area contributed by atoms with Gasteiger partial charge in [0.1, 0.15) is 11.3 Å². The van der Waals surface area contributed by atoms with Gasteiger partial charge in [-0.15, -0.1) is 0 Å². The standard InChI is InChI=1S/C10H12F3NO/c1-9(14,10(11,12)13)6-7-2-4-8(15)5-3-7/h2-5,15H,6,14H2,1H3. The minimum absolute atomic E-state index is 0.0180. The first-order valence-electron chi connectivity index (χ1n) is 4.36. The maximum atomic E-state index is 12.4. The molecule has 2 nitrogen and oxygen atoms in total. The van der Waals surface area contributed by atoms with Crippen molar-refractivity contribution in [2.75, 3.05) is 0 Å². The number of phenols is 1. The molecule has 1 atom stereocenters. The lowest BCUT2D eigenvalue weighted by Gasteiger charge is -2.27. The molecule has 0 spiro atoms. The van der Waals surface area contributed by atoms with Gasteiger partial charge < -0.3 is 10.8 Å². The topological polar surface area (TPSA) is 46.2 Å². The lowest BCUT2D eigenvalue weighted by molar-refractivity contribution is -0.180. The molecule has 0 aliphatic rings. The van der Waals surface area contributed by atoms with E-state index < -0.39 is 11.7 Å². The fourth-order valence-electron chi connectivity index (χ4n) is 1.14. The number of aromatic hydroxyl groups is 1. The maximum Gasteiger partial charge on any atom is 0.406 e. The molecule has 1 rings (SSSR count). The summed E-state index contributed by atoms with van der Waals surface area (Å²) in [6.45, 7) is 0.944. The summed E-state index contributed by atoms with van der Waals surface area (Å²) in [6.07, 6.45) is -4.75. The normalized spacial score (nSPS) is 16.1. The van der Waals surface area contributed by atoms with Gasteiger partial charge in [-0.05, 0) is 31.0 Å². The maximum absolute atomic E-state index is 12.4. The van der Waals surface area contributed by atoms with Crippen molar-refractivity contribution in [3.05, 3.63) is 29.8 Å². The third-order valence-electron chi connectivity index (χ3n) is 2.16. The van der Waals surface area contributed by atoms with Crippen molar-refractivity contribution in [3.63, 3.8) is 0 Å². The highest BCUT2D eigenvalue weighted by atomic mass is 19.4. The number of halogens is 3. The monoisotopic (exact) mass is 219 g/mol. The Labute approximate surface area is 85.5 Å². The predicted molar refractivity (Wildman–Crippen MR) is 50.5 cm³/mol. The van der Waals surface area contributed by atoms with E-state index in [9.17, 15) is 13.2 Å². The Morgan fingerprint density at radius 3 is 2.07 bits per heavy atom. The fraction of sp³-hybridized carbons (Fsp3) is 0.400. The van der Waals surface area contributed by atoms with Crippen molar-refractivity contribution < 1.29 is 18.3 Å². The van der Waals surface area contributed by atoms with Crippen LogP contribution >= 0.6 is 0 Å². The highest BCUT2D eigenvalue weighted by Crippen LogP contribution is 2.30. The fourth-order valence-corrected chi connectivity index (χ4v) is 1.14. The number of hydrogen-bond acceptors (Lipinski definition) is 2. The Kier molecular flexibility index (Phi) is 2.95. The van der Waals surface area contributed by atoms with E-state index in [1.165, 1.54) is 24.3 Å². The van der Waals surface area contributed by atoms with E-state index in [1.807, 2.05) is 0 Å². The first-order valence-corrected chi connectivity index (χ1v) is 4.36. The number of rotatable bonds is 2. The van der Waals surface area contributed by atoms with Crippen LogP contribution < -0.4 is 5.73 Å². The van der Waals surface area contributed by atoms with Crippen LogP contribution in [0.3, 0.4) is 0 Å². The van der Waals surface area contributed by atoms with Crippen molar-refractivity contribution in [1.82, 2.24) is 0 Å². The summed E-state index contributed by atoms with van der Waals surface area (Å²) in [5.74, 6) is 0.0180. The van der Waals surface area contributed by atoms with Crippen LogP contribution in [0.5, 0.6) is 5.75 Å². The van der Waals surface area contributed by atoms with Crippen molar-refractivity contribution >= 4 is 0 Å². The minimum Gasteiger partial charge on any atom is -0.508 e. The lowest BCUT2D eigenvalue weighted by Crippen LogP contribution is -2.52. The van der Waals surface area contributed by atoms with Gasteiger partial charge in [-0.1, -0.05) is 12.1 Å². The van der Waals surface area contributed by atoms with Crippen LogP contribution in [0.1, 0.15) is 12.5 Å². The van der Waals surface area contributed by atoms with Gasteiger partial charge in [0.15, 0.2) is 0 Å². The van der Waals surface area contributed by atoms with Crippen molar-refractivity contribution in [3.8, 4) is 5.75 Å². The van der Waals surface area contributed by atoms with E-state index in [0.717, 1.165) is 6.92 Å². The van der Waals surface area contributed by atoms with Crippen LogP contribution in [0.4, 0.5) is 13.2 Å². The first-order chi connectivity index (χ1) is 6.72. The summed E-state index contributed by atoms with van der Waals surface area (Å²) in [5, 5.41) is 8.96. The average Bonchev–Trinajstić information content (AvgIpc) is 2.06. The molecule has 84 valence electrons. The van der Waals surface area contributed by atoms with Crippen molar-refractivity contribution in [2.24, 2.45) is 5.73 Å². The molecule has 0 aromatic heterocycles. The van der Waals surface area contributed by atoms with Gasteiger partial charge in [0.05, 0.1) is 0 Å². The molecule has 0 fully saturated rings. The quantitative estimate of drug-likeness (QED) is 0.801. The SMILES string of the molecule is CC(N)(Cc1ccc(O)cc1)C(F)(F)F. The Bertz CT molecular complexity index is 330. The molecular formula is C10H12F3NO. The largest absolute Gasteiger partial charge is 0.508 e. The zero-order valence-electron chi connectivity index (χ0n) is 8.17. The summed E-state index contributed by atoms with van der Waals surface area (Å²) in [4.78, 5) is 0. The molecule has 0 aliphatic heterocycles. The van der Waals surface area contributed by atoms with Gasteiger partial charge in [0.2, 0.25) is 0 Å². The van der Waals surface area contributed by atoms with Crippen LogP contribution in [0, 0.1) is 0 Å². The van der Waals surface area contributed by atoms with E-state index in [-0.39, 0.29) is 12.2 Å². The van der Waals surface area contributed by atoms with E-state index >= 15 is 0 Å². The molecule has 5 heteroatoms. The van der Waals surface area contributed by atoms with Gasteiger partial charge in [-0.3, -0.25) is 0 Å². The smallest absolute Gasteiger partial charge is 0.406 e. The molecule has 0 amide bonds. The summed E-state index contributed by atoms with van der Waals surface area (Å²) in [7, 11) is 0. The molecule has 1 aromatic carbocycles. The number of benzene rings is 1. The van der Waals surface area contributed by atoms with Gasteiger partial charge in [-0.2, -0.15) is 13.2 Å². The van der Waals surface area contributed by atoms with Crippen LogP contribution in [0.2, 0.25) is 0 Å². The van der Waals surface area contributed by atoms with Gasteiger partial charge >= 0.3 is 6.18 Å². The highest BCUT2D eigenvalue weighted by Gasteiger charge is 2.47. The highest BCUT2D eigenvalue weighted by molar-refractivity contribution is 5.27. The molecule has 0 heterocycles. The lowest BCUT2D eigenvalue weighted by atomic mass is 9.93. The molecule has 0 saturated heterocycles. The molecule has 1 aromatic rings. The summed E-state index contributed by atoms with van der Waals surface area (Å²) in [6, 6.07) is 5.52. The molecular weight excluding hydrogens is 207 g/mol. The van der Waals surface area contributed by atoms with Gasteiger partial charge in [0.25, 0.3) is 0 Å². The Hall–Kier alpha value is -1.23. The summed E-state index contributed by atoms with van der Waals surface area (Å²) < 4.78 is 37.3. The molecule has 0 aliphatic carbocycles. The third kappa shape index (κ3) is 2.86. The number of hydrogen-bond donors (Lipinski definition) is 2. The molecule has 0 radical (unpaired) electrons. The van der Waals surface area contributed by atoms with E-state index in [0.29, 0.717) is 5.56 Å². The first kappa shape index (κ1) is 11.8. The molecule has 15 heavy (non-hydrogen) atoms. The Balaban J connectivity index is 2.82. The summed E-state index contributed by atoms with van der Waals surface area (Å²) >= 11 is 0. The van der Waals surface area contributed by atoms with E-state index in [4.69, 9.17) is 10.8 Å². The van der Waals surface area contributed by atoms with Crippen LogP contribution in [-0.4, -0.2) is 16.8 Å². The predicted octanol–water partition coefficient (Wildman–Crippen LogP) is 2.21. The molecule has 3 N–H and O–H groups in total. The van der Waals surface area contributed by atoms with E-state index in [1.54, 1.807) is 0 Å². The van der Waals surface area contributed by atoms with Crippen LogP contribution in [-0.2, 0) is 6.42 Å². The molecule has 1 unspecified atom stereocenters. The van der Waals surface area contributed by atoms with Crippen LogP contribution in [0.25, 0.3) is 0 Å². The number of alkyl halides is 3. The van der Waals surface area contributed by atoms with Crippen molar-refractivity contribution in [2.45, 2.75) is 25.1 Å². The van der Waals surface area contributed by atoms with Gasteiger partial charge in [-0.25, -0.2) is 0 Å². The van der Waals surface area contributed by atoms with Crippen molar-refractivity contribution in [1.29, 1.82) is 0 Å². The second kappa shape index (κ2) is 3.73. The Morgan fingerprint density at radius 2 is 1.67 bits per heavy atom. The zero-order valence-corrected chi connectivity index (χ0v) is 8.17. The zero-order chi connectivity index (χ0) is 11.7. The average molecular weight is 219 g/mol. The molecule has 0 bridgehead atoms. The minimum atomic E-state index is -4.44. The van der Waals surface area contributed by atoms with Crippen LogP contribution in [0.15, 0.2) is 24.3 Å². The second-order valence-electron chi connectivity index (χ2n) is 3.76. The second-order valence-corrected chi connectivity index (χ2v) is 3.76. The van der Waals surface area contributed by atoms with Gasteiger partial charge in [0, 0.05) is 0 Å². The summed E-state index contributed by atoms with van der Waals surface area (Å²) in [5.41, 5.74) is 3.37. The van der Waals surface area contributed by atoms with E-state index in [2.05, 4.69) is 0 Å². The number of phenolic OH excluding ortho intramolecular Hbond substituents is 1. The third-order valence-corrected chi connectivity index (χ3v) is 2.16. The Morgan fingerprint density at radius 1 is 1.20 bits per heavy atom.